The summed E-state index contributed by atoms with van der Waals surface area (Å²) >= 11 is 0. The summed E-state index contributed by atoms with van der Waals surface area (Å²) in [6.07, 6.45) is 7.40. The van der Waals surface area contributed by atoms with Crippen molar-refractivity contribution >= 4 is 10.2 Å². The first-order valence-electron chi connectivity index (χ1n) is 11.3. The molecule has 0 radical (unpaired) electrons. The van der Waals surface area contributed by atoms with Crippen molar-refractivity contribution in [3.05, 3.63) is 27.4 Å². The number of nitrogens with zero attached hydrogens (tertiary/aromatic N) is 4. The zero-order valence-corrected chi connectivity index (χ0v) is 19.2. The van der Waals surface area contributed by atoms with Crippen LogP contribution in [0.25, 0.3) is 0 Å². The molecule has 3 heterocycles. The van der Waals surface area contributed by atoms with Crippen LogP contribution in [0.5, 0.6) is 0 Å². The number of aromatic nitrogens is 2. The number of piperidine rings is 1. The molecule has 4 rings (SSSR count). The van der Waals surface area contributed by atoms with Gasteiger partial charge in [0, 0.05) is 58.7 Å². The van der Waals surface area contributed by atoms with E-state index in [-0.39, 0.29) is 11.5 Å². The van der Waals surface area contributed by atoms with Crippen LogP contribution < -0.4 is 5.56 Å². The molecule has 1 saturated carbocycles. The van der Waals surface area contributed by atoms with Crippen LogP contribution in [0.15, 0.2) is 4.79 Å². The highest BCUT2D eigenvalue weighted by molar-refractivity contribution is 7.86. The molecular formula is C21H35N5O3S. The lowest BCUT2D eigenvalue weighted by Gasteiger charge is -2.38. The third-order valence-corrected chi connectivity index (χ3v) is 9.08. The number of rotatable bonds is 4. The summed E-state index contributed by atoms with van der Waals surface area (Å²) in [5.74, 6) is 1.40. The zero-order valence-electron chi connectivity index (χ0n) is 18.4. The molecule has 1 atom stereocenters. The number of fused-ring (bicyclic) bond motifs is 1. The van der Waals surface area contributed by atoms with Crippen molar-refractivity contribution < 1.29 is 8.42 Å². The average Bonchev–Trinajstić information content (AvgIpc) is 2.74. The van der Waals surface area contributed by atoms with Crippen LogP contribution in [-0.2, 0) is 23.2 Å². The minimum absolute atomic E-state index is 0.0449. The van der Waals surface area contributed by atoms with Gasteiger partial charge >= 0.3 is 0 Å². The lowest BCUT2D eigenvalue weighted by Crippen LogP contribution is -2.46. The predicted octanol–water partition coefficient (Wildman–Crippen LogP) is 1.69. The van der Waals surface area contributed by atoms with Gasteiger partial charge in [0.1, 0.15) is 5.82 Å². The van der Waals surface area contributed by atoms with Crippen LogP contribution in [0.1, 0.15) is 68.4 Å². The highest BCUT2D eigenvalue weighted by atomic mass is 32.2. The Labute approximate surface area is 179 Å². The van der Waals surface area contributed by atoms with Crippen molar-refractivity contribution in [2.75, 3.05) is 33.7 Å². The van der Waals surface area contributed by atoms with Crippen molar-refractivity contribution in [1.82, 2.24) is 23.5 Å². The maximum absolute atomic E-state index is 12.9. The fourth-order valence-electron chi connectivity index (χ4n) is 5.18. The summed E-state index contributed by atoms with van der Waals surface area (Å²) in [4.78, 5) is 23.2. The van der Waals surface area contributed by atoms with E-state index in [1.807, 2.05) is 0 Å². The van der Waals surface area contributed by atoms with Crippen LogP contribution in [-0.4, -0.2) is 71.7 Å². The molecule has 0 bridgehead atoms. The van der Waals surface area contributed by atoms with Crippen molar-refractivity contribution in [2.45, 2.75) is 70.4 Å². The maximum Gasteiger partial charge on any atom is 0.281 e. The lowest BCUT2D eigenvalue weighted by atomic mass is 9.86. The number of nitrogens with one attached hydrogen (secondary N) is 1. The van der Waals surface area contributed by atoms with E-state index >= 15 is 0 Å². The monoisotopic (exact) mass is 437 g/mol. The van der Waals surface area contributed by atoms with Gasteiger partial charge in [-0.15, -0.1) is 0 Å². The first-order valence-corrected chi connectivity index (χ1v) is 12.7. The molecule has 0 unspecified atom stereocenters. The second-order valence-corrected chi connectivity index (χ2v) is 11.6. The van der Waals surface area contributed by atoms with Crippen LogP contribution in [0.2, 0.25) is 0 Å². The highest BCUT2D eigenvalue weighted by Gasteiger charge is 2.34. The van der Waals surface area contributed by atoms with Gasteiger partial charge in [0.2, 0.25) is 0 Å². The molecular weight excluding hydrogens is 402 g/mol. The van der Waals surface area contributed by atoms with Crippen LogP contribution in [0.4, 0.5) is 0 Å². The molecule has 1 aliphatic carbocycles. The van der Waals surface area contributed by atoms with Gasteiger partial charge in [-0.2, -0.15) is 17.0 Å². The number of hydrogen-bond donors (Lipinski definition) is 1. The molecule has 1 N–H and O–H groups in total. The van der Waals surface area contributed by atoms with E-state index in [1.165, 1.54) is 34.3 Å². The summed E-state index contributed by atoms with van der Waals surface area (Å²) < 4.78 is 27.8. The molecule has 0 amide bonds. The van der Waals surface area contributed by atoms with Crippen molar-refractivity contribution in [3.63, 3.8) is 0 Å². The molecule has 0 spiro atoms. The number of hydrogen-bond acceptors (Lipinski definition) is 5. The van der Waals surface area contributed by atoms with E-state index in [9.17, 15) is 13.2 Å². The smallest absolute Gasteiger partial charge is 0.281 e. The summed E-state index contributed by atoms with van der Waals surface area (Å²) in [7, 11) is -0.347. The third-order valence-electron chi connectivity index (χ3n) is 7.18. The zero-order chi connectivity index (χ0) is 21.5. The minimum Gasteiger partial charge on any atom is -0.310 e. The lowest BCUT2D eigenvalue weighted by molar-refractivity contribution is 0.124. The van der Waals surface area contributed by atoms with Gasteiger partial charge in [-0.3, -0.25) is 9.69 Å². The quantitative estimate of drug-likeness (QED) is 0.774. The molecule has 30 heavy (non-hydrogen) atoms. The third kappa shape index (κ3) is 4.35. The molecule has 8 nitrogen and oxygen atoms in total. The van der Waals surface area contributed by atoms with Crippen molar-refractivity contribution in [1.29, 1.82) is 0 Å². The van der Waals surface area contributed by atoms with Crippen LogP contribution in [0.3, 0.4) is 0 Å². The summed E-state index contributed by atoms with van der Waals surface area (Å²) in [5.41, 5.74) is 1.66. The summed E-state index contributed by atoms with van der Waals surface area (Å²) in [6, 6.07) is 0.580. The molecule has 9 heteroatoms. The standard InChI is InChI=1S/C21H35N5O3S/c1-15-6-8-17(9-7-15)25-12-10-19-18(14-25)21(27)23-20(22-19)16-5-4-11-26(13-16)30(28,29)24(2)3/h15-17H,4-14H2,1-3H3,(H,22,23,27)/t15?,16-,17?/m1/s1. The largest absolute Gasteiger partial charge is 0.310 e. The van der Waals surface area contributed by atoms with E-state index in [1.54, 1.807) is 14.1 Å². The van der Waals surface area contributed by atoms with Crippen LogP contribution in [0, 0.1) is 5.92 Å². The Kier molecular flexibility index (Phi) is 6.35. The Morgan fingerprint density at radius 2 is 1.83 bits per heavy atom. The van der Waals surface area contributed by atoms with Gasteiger partial charge < -0.3 is 4.98 Å². The fourth-order valence-corrected chi connectivity index (χ4v) is 6.37. The Balaban J connectivity index is 1.50. The first-order chi connectivity index (χ1) is 14.3. The summed E-state index contributed by atoms with van der Waals surface area (Å²) in [5, 5.41) is 0. The van der Waals surface area contributed by atoms with Gasteiger partial charge in [0.25, 0.3) is 15.8 Å². The Hall–Kier alpha value is -1.29. The first kappa shape index (κ1) is 21.9. The van der Waals surface area contributed by atoms with Crippen molar-refractivity contribution in [3.8, 4) is 0 Å². The predicted molar refractivity (Wildman–Crippen MR) is 117 cm³/mol. The number of aromatic amines is 1. The molecule has 168 valence electrons. The van der Waals surface area contributed by atoms with E-state index in [0.29, 0.717) is 31.5 Å². The molecule has 1 aromatic heterocycles. The topological polar surface area (TPSA) is 89.6 Å². The molecule has 0 aromatic carbocycles. The normalized spacial score (nSPS) is 29.1. The SMILES string of the molecule is CC1CCC(N2CCc3nc([C@@H]4CCCN(S(=O)(=O)N(C)C)C4)[nH]c(=O)c3C2)CC1. The van der Waals surface area contributed by atoms with Gasteiger partial charge in [0.15, 0.2) is 0 Å². The van der Waals surface area contributed by atoms with E-state index in [4.69, 9.17) is 4.98 Å². The van der Waals surface area contributed by atoms with Gasteiger partial charge in [0.05, 0.1) is 11.3 Å². The highest BCUT2D eigenvalue weighted by Crippen LogP contribution is 2.31. The second-order valence-electron chi connectivity index (χ2n) is 9.50. The van der Waals surface area contributed by atoms with E-state index in [0.717, 1.165) is 43.0 Å². The Morgan fingerprint density at radius 1 is 1.10 bits per heavy atom. The van der Waals surface area contributed by atoms with E-state index in [2.05, 4.69) is 16.8 Å². The molecule has 1 saturated heterocycles. The van der Waals surface area contributed by atoms with Crippen LogP contribution >= 0.6 is 0 Å². The molecule has 3 aliphatic rings. The minimum atomic E-state index is -3.45. The Bertz CT molecular complexity index is 921. The van der Waals surface area contributed by atoms with Gasteiger partial charge in [-0.1, -0.05) is 6.92 Å². The second kappa shape index (κ2) is 8.68. The van der Waals surface area contributed by atoms with Gasteiger partial charge in [-0.25, -0.2) is 4.98 Å². The van der Waals surface area contributed by atoms with Crippen molar-refractivity contribution in [2.24, 2.45) is 5.92 Å². The maximum atomic E-state index is 12.9. The fraction of sp³-hybridized carbons (Fsp3) is 0.810. The average molecular weight is 438 g/mol. The van der Waals surface area contributed by atoms with Gasteiger partial charge in [-0.05, 0) is 44.4 Å². The molecule has 2 aliphatic heterocycles. The van der Waals surface area contributed by atoms with E-state index < -0.39 is 10.2 Å². The molecule has 1 aromatic rings. The number of H-pyrrole nitrogens is 1. The summed E-state index contributed by atoms with van der Waals surface area (Å²) in [6.45, 7) is 4.85. The Morgan fingerprint density at radius 3 is 2.53 bits per heavy atom. The molecule has 2 fully saturated rings.